The molecular formula is C25H30N4O2. The van der Waals surface area contributed by atoms with E-state index in [9.17, 15) is 9.59 Å². The molecule has 0 saturated carbocycles. The van der Waals surface area contributed by atoms with Crippen LogP contribution in [0.2, 0.25) is 0 Å². The molecule has 1 fully saturated rings. The van der Waals surface area contributed by atoms with Crippen LogP contribution in [0, 0.1) is 6.92 Å². The van der Waals surface area contributed by atoms with Crippen molar-refractivity contribution in [3.05, 3.63) is 65.9 Å². The van der Waals surface area contributed by atoms with Gasteiger partial charge in [-0.3, -0.25) is 9.69 Å². The summed E-state index contributed by atoms with van der Waals surface area (Å²) in [5.74, 6) is 0.330. The monoisotopic (exact) mass is 418 g/mol. The summed E-state index contributed by atoms with van der Waals surface area (Å²) in [6.45, 7) is 8.85. The maximum Gasteiger partial charge on any atom is 0.325 e. The average Bonchev–Trinajstić information content (AvgIpc) is 3.27. The topological polar surface area (TPSA) is 57.6 Å². The van der Waals surface area contributed by atoms with Crippen LogP contribution < -0.4 is 10.2 Å². The standard InChI is InChI=1S/C25H30N4O2/c1-18(2)20-8-10-22(11-9-20)29-15-14-27(25(29)31)17-24(30)26-12-13-28-19(3)16-21-6-4-5-7-23(21)28/h4-11,16,18H,12-15,17H2,1-3H3,(H,26,30). The second kappa shape index (κ2) is 8.84. The van der Waals surface area contributed by atoms with Gasteiger partial charge in [0.05, 0.1) is 0 Å². The first-order valence-electron chi connectivity index (χ1n) is 10.9. The van der Waals surface area contributed by atoms with E-state index in [1.54, 1.807) is 9.80 Å². The van der Waals surface area contributed by atoms with Crippen LogP contribution in [0.25, 0.3) is 10.9 Å². The van der Waals surface area contributed by atoms with Gasteiger partial charge in [0.2, 0.25) is 5.91 Å². The third-order valence-electron chi connectivity index (χ3n) is 5.98. The summed E-state index contributed by atoms with van der Waals surface area (Å²) >= 11 is 0. The van der Waals surface area contributed by atoms with Crippen molar-refractivity contribution in [1.29, 1.82) is 0 Å². The molecule has 0 spiro atoms. The van der Waals surface area contributed by atoms with Gasteiger partial charge in [-0.05, 0) is 48.1 Å². The molecule has 1 aliphatic heterocycles. The minimum atomic E-state index is -0.125. The van der Waals surface area contributed by atoms with E-state index in [0.29, 0.717) is 32.1 Å². The largest absolute Gasteiger partial charge is 0.353 e. The fourth-order valence-electron chi connectivity index (χ4n) is 4.19. The van der Waals surface area contributed by atoms with Gasteiger partial charge in [-0.1, -0.05) is 44.2 Å². The van der Waals surface area contributed by atoms with Crippen LogP contribution in [0.15, 0.2) is 54.6 Å². The predicted octanol–water partition coefficient (Wildman–Crippen LogP) is 4.13. The van der Waals surface area contributed by atoms with Gasteiger partial charge in [-0.15, -0.1) is 0 Å². The highest BCUT2D eigenvalue weighted by molar-refractivity contribution is 5.96. The summed E-state index contributed by atoms with van der Waals surface area (Å²) in [7, 11) is 0. The number of amides is 3. The van der Waals surface area contributed by atoms with E-state index in [1.165, 1.54) is 22.2 Å². The quantitative estimate of drug-likeness (QED) is 0.627. The Bertz CT molecular complexity index is 1080. The number of anilines is 1. The van der Waals surface area contributed by atoms with Gasteiger partial charge >= 0.3 is 6.03 Å². The molecule has 1 N–H and O–H groups in total. The molecule has 2 heterocycles. The van der Waals surface area contributed by atoms with Crippen LogP contribution in [0.5, 0.6) is 0 Å². The van der Waals surface area contributed by atoms with E-state index in [-0.39, 0.29) is 18.5 Å². The second-order valence-corrected chi connectivity index (χ2v) is 8.45. The highest BCUT2D eigenvalue weighted by atomic mass is 16.2. The van der Waals surface area contributed by atoms with Crippen molar-refractivity contribution in [2.24, 2.45) is 0 Å². The molecule has 0 atom stereocenters. The fourth-order valence-corrected chi connectivity index (χ4v) is 4.19. The Kier molecular flexibility index (Phi) is 5.98. The first-order chi connectivity index (χ1) is 14.9. The zero-order chi connectivity index (χ0) is 22.0. The number of carbonyl (C=O) groups excluding carboxylic acids is 2. The lowest BCUT2D eigenvalue weighted by Crippen LogP contribution is -2.40. The Hall–Kier alpha value is -3.28. The smallest absolute Gasteiger partial charge is 0.325 e. The van der Waals surface area contributed by atoms with E-state index in [4.69, 9.17) is 0 Å². The van der Waals surface area contributed by atoms with E-state index in [0.717, 1.165) is 5.69 Å². The average molecular weight is 419 g/mol. The van der Waals surface area contributed by atoms with E-state index in [2.05, 4.69) is 61.0 Å². The first-order valence-corrected chi connectivity index (χ1v) is 10.9. The number of nitrogens with one attached hydrogen (secondary N) is 1. The van der Waals surface area contributed by atoms with Gasteiger partial charge in [0.1, 0.15) is 6.54 Å². The van der Waals surface area contributed by atoms with Crippen LogP contribution in [0.1, 0.15) is 31.0 Å². The van der Waals surface area contributed by atoms with Crippen LogP contribution in [0.3, 0.4) is 0 Å². The number of rotatable bonds is 7. The number of aryl methyl sites for hydroxylation is 1. The Morgan fingerprint density at radius 3 is 2.55 bits per heavy atom. The molecule has 3 aromatic rings. The Labute approximate surface area is 183 Å². The maximum absolute atomic E-state index is 12.8. The third kappa shape index (κ3) is 4.43. The first kappa shape index (κ1) is 21.0. The number of nitrogens with zero attached hydrogens (tertiary/aromatic N) is 3. The molecule has 3 amide bonds. The molecule has 0 aliphatic carbocycles. The second-order valence-electron chi connectivity index (χ2n) is 8.45. The molecule has 6 nitrogen and oxygen atoms in total. The van der Waals surface area contributed by atoms with Crippen molar-refractivity contribution in [2.45, 2.75) is 33.2 Å². The lowest BCUT2D eigenvalue weighted by atomic mass is 10.0. The number of urea groups is 1. The summed E-state index contributed by atoms with van der Waals surface area (Å²) in [6, 6.07) is 18.4. The SMILES string of the molecule is Cc1cc2ccccc2n1CCNC(=O)CN1CCN(c2ccc(C(C)C)cc2)C1=O. The highest BCUT2D eigenvalue weighted by Crippen LogP contribution is 2.23. The number of para-hydroxylation sites is 1. The number of benzene rings is 2. The Morgan fingerprint density at radius 2 is 1.81 bits per heavy atom. The molecule has 1 saturated heterocycles. The number of hydrogen-bond donors (Lipinski definition) is 1. The van der Waals surface area contributed by atoms with Gasteiger partial charge < -0.3 is 14.8 Å². The highest BCUT2D eigenvalue weighted by Gasteiger charge is 2.30. The van der Waals surface area contributed by atoms with Gasteiger partial charge in [0.25, 0.3) is 0 Å². The van der Waals surface area contributed by atoms with Gasteiger partial charge in [-0.25, -0.2) is 4.79 Å². The van der Waals surface area contributed by atoms with Gasteiger partial charge in [0, 0.05) is 43.1 Å². The Morgan fingerprint density at radius 1 is 1.06 bits per heavy atom. The third-order valence-corrected chi connectivity index (χ3v) is 5.98. The van der Waals surface area contributed by atoms with Crippen LogP contribution in [-0.2, 0) is 11.3 Å². The maximum atomic E-state index is 12.8. The van der Waals surface area contributed by atoms with Crippen molar-refractivity contribution in [2.75, 3.05) is 31.1 Å². The molecule has 4 rings (SSSR count). The molecule has 1 aromatic heterocycles. The Balaban J connectivity index is 1.30. The zero-order valence-electron chi connectivity index (χ0n) is 18.5. The minimum Gasteiger partial charge on any atom is -0.353 e. The normalized spacial score (nSPS) is 14.1. The van der Waals surface area contributed by atoms with Gasteiger partial charge in [-0.2, -0.15) is 0 Å². The van der Waals surface area contributed by atoms with Crippen molar-refractivity contribution in [3.63, 3.8) is 0 Å². The van der Waals surface area contributed by atoms with Crippen LogP contribution >= 0.6 is 0 Å². The van der Waals surface area contributed by atoms with Crippen molar-refractivity contribution in [3.8, 4) is 0 Å². The zero-order valence-corrected chi connectivity index (χ0v) is 18.5. The van der Waals surface area contributed by atoms with Crippen LogP contribution in [-0.4, -0.2) is 47.6 Å². The van der Waals surface area contributed by atoms with E-state index >= 15 is 0 Å². The van der Waals surface area contributed by atoms with Gasteiger partial charge in [0.15, 0.2) is 0 Å². The molecule has 0 unspecified atom stereocenters. The molecule has 0 radical (unpaired) electrons. The molecule has 31 heavy (non-hydrogen) atoms. The molecule has 2 aromatic carbocycles. The molecular weight excluding hydrogens is 388 g/mol. The molecule has 0 bridgehead atoms. The van der Waals surface area contributed by atoms with Crippen LogP contribution in [0.4, 0.5) is 10.5 Å². The van der Waals surface area contributed by atoms with Crippen molar-refractivity contribution < 1.29 is 9.59 Å². The lowest BCUT2D eigenvalue weighted by molar-refractivity contribution is -0.121. The number of hydrogen-bond acceptors (Lipinski definition) is 2. The van der Waals surface area contributed by atoms with Crippen molar-refractivity contribution >= 4 is 28.5 Å². The van der Waals surface area contributed by atoms with E-state index in [1.807, 2.05) is 24.3 Å². The summed E-state index contributed by atoms with van der Waals surface area (Å²) in [6.07, 6.45) is 0. The number of fused-ring (bicyclic) bond motifs is 1. The number of aromatic nitrogens is 1. The molecule has 162 valence electrons. The summed E-state index contributed by atoms with van der Waals surface area (Å²) in [4.78, 5) is 28.6. The fraction of sp³-hybridized carbons (Fsp3) is 0.360. The number of carbonyl (C=O) groups is 2. The lowest BCUT2D eigenvalue weighted by Gasteiger charge is -2.19. The summed E-state index contributed by atoms with van der Waals surface area (Å²) in [5.41, 5.74) is 4.47. The van der Waals surface area contributed by atoms with Crippen molar-refractivity contribution in [1.82, 2.24) is 14.8 Å². The summed E-state index contributed by atoms with van der Waals surface area (Å²) < 4.78 is 2.21. The summed E-state index contributed by atoms with van der Waals surface area (Å²) in [5, 5.41) is 4.17. The van der Waals surface area contributed by atoms with E-state index < -0.39 is 0 Å². The molecule has 6 heteroatoms. The predicted molar refractivity (Wildman–Crippen MR) is 125 cm³/mol. The molecule has 1 aliphatic rings. The minimum absolute atomic E-state index is 0.0881.